The molecule has 3 aromatic rings. The molecule has 1 heterocycles. The second-order valence-corrected chi connectivity index (χ2v) is 9.33. The fourth-order valence-corrected chi connectivity index (χ4v) is 4.85. The molecule has 1 aliphatic rings. The molecule has 2 amide bonds. The molecule has 1 atom stereocenters. The summed E-state index contributed by atoms with van der Waals surface area (Å²) < 4.78 is 10.2. The highest BCUT2D eigenvalue weighted by molar-refractivity contribution is 8.15. The van der Waals surface area contributed by atoms with Crippen molar-refractivity contribution in [1.82, 2.24) is 4.90 Å². The summed E-state index contributed by atoms with van der Waals surface area (Å²) in [5, 5.41) is 2.73. The first-order valence-corrected chi connectivity index (χ1v) is 12.7. The Labute approximate surface area is 219 Å². The van der Waals surface area contributed by atoms with Gasteiger partial charge in [0.15, 0.2) is 5.17 Å². The molecule has 1 N–H and O–H groups in total. The van der Waals surface area contributed by atoms with Crippen molar-refractivity contribution in [3.63, 3.8) is 0 Å². The van der Waals surface area contributed by atoms with Crippen molar-refractivity contribution in [2.75, 3.05) is 19.0 Å². The number of esters is 1. The third-order valence-electron chi connectivity index (χ3n) is 5.55. The standard InChI is InChI=1S/C28H27N3O5S/c1-3-36-27(34)20-9-11-21(12-10-20)29-25(32)17-24-26(33)31(18-19-7-5-4-6-8-19)28(37-24)30-22-13-15-23(35-2)16-14-22/h4-16,24H,3,17-18H2,1-2H3,(H,29,32). The number of thioether (sulfide) groups is 1. The summed E-state index contributed by atoms with van der Waals surface area (Å²) in [6.45, 7) is 2.38. The second-order valence-electron chi connectivity index (χ2n) is 8.16. The molecule has 8 nitrogen and oxygen atoms in total. The highest BCUT2D eigenvalue weighted by atomic mass is 32.2. The number of carbonyl (C=O) groups is 3. The number of hydrogen-bond donors (Lipinski definition) is 1. The van der Waals surface area contributed by atoms with E-state index in [4.69, 9.17) is 14.5 Å². The molecule has 0 aromatic heterocycles. The third-order valence-corrected chi connectivity index (χ3v) is 6.73. The van der Waals surface area contributed by atoms with E-state index in [0.717, 1.165) is 5.56 Å². The van der Waals surface area contributed by atoms with Gasteiger partial charge >= 0.3 is 5.97 Å². The monoisotopic (exact) mass is 517 g/mol. The molecule has 4 rings (SSSR count). The maximum absolute atomic E-state index is 13.4. The predicted octanol–water partition coefficient (Wildman–Crippen LogP) is 5.03. The van der Waals surface area contributed by atoms with E-state index in [2.05, 4.69) is 5.32 Å². The smallest absolute Gasteiger partial charge is 0.338 e. The summed E-state index contributed by atoms with van der Waals surface area (Å²) in [6, 6.07) is 23.3. The largest absolute Gasteiger partial charge is 0.497 e. The lowest BCUT2D eigenvalue weighted by molar-refractivity contribution is -0.128. The first kappa shape index (κ1) is 26.0. The van der Waals surface area contributed by atoms with Crippen LogP contribution < -0.4 is 10.1 Å². The molecule has 1 saturated heterocycles. The fraction of sp³-hybridized carbons (Fsp3) is 0.214. The molecular formula is C28H27N3O5S. The van der Waals surface area contributed by atoms with Crippen molar-refractivity contribution < 1.29 is 23.9 Å². The zero-order valence-corrected chi connectivity index (χ0v) is 21.4. The van der Waals surface area contributed by atoms with Crippen molar-refractivity contribution >= 4 is 46.1 Å². The van der Waals surface area contributed by atoms with Crippen LogP contribution in [0.2, 0.25) is 0 Å². The molecule has 0 spiro atoms. The van der Waals surface area contributed by atoms with Gasteiger partial charge in [-0.25, -0.2) is 9.79 Å². The number of benzene rings is 3. The van der Waals surface area contributed by atoms with Crippen LogP contribution in [0.25, 0.3) is 0 Å². The Hall–Kier alpha value is -4.11. The zero-order valence-electron chi connectivity index (χ0n) is 20.5. The highest BCUT2D eigenvalue weighted by Crippen LogP contribution is 2.33. The molecule has 1 aliphatic heterocycles. The van der Waals surface area contributed by atoms with E-state index in [9.17, 15) is 14.4 Å². The van der Waals surface area contributed by atoms with Crippen LogP contribution in [0.5, 0.6) is 5.75 Å². The lowest BCUT2D eigenvalue weighted by Gasteiger charge is -2.16. The lowest BCUT2D eigenvalue weighted by Crippen LogP contribution is -2.33. The van der Waals surface area contributed by atoms with Crippen molar-refractivity contribution in [3.05, 3.63) is 90.0 Å². The van der Waals surface area contributed by atoms with E-state index >= 15 is 0 Å². The van der Waals surface area contributed by atoms with Gasteiger partial charge in [-0.2, -0.15) is 0 Å². The van der Waals surface area contributed by atoms with Crippen LogP contribution in [0, 0.1) is 0 Å². The number of nitrogens with one attached hydrogen (secondary N) is 1. The average Bonchev–Trinajstić information content (AvgIpc) is 3.19. The zero-order chi connectivity index (χ0) is 26.2. The number of methoxy groups -OCH3 is 1. The number of rotatable bonds is 9. The summed E-state index contributed by atoms with van der Waals surface area (Å²) in [4.78, 5) is 44.3. The number of ether oxygens (including phenoxy) is 2. The van der Waals surface area contributed by atoms with Crippen LogP contribution in [-0.2, 0) is 20.9 Å². The second kappa shape index (κ2) is 12.2. The maximum atomic E-state index is 13.4. The Morgan fingerprint density at radius 3 is 2.35 bits per heavy atom. The summed E-state index contributed by atoms with van der Waals surface area (Å²) in [5.74, 6) is -0.186. The van der Waals surface area contributed by atoms with Crippen LogP contribution in [0.4, 0.5) is 11.4 Å². The predicted molar refractivity (Wildman–Crippen MR) is 144 cm³/mol. The average molecular weight is 518 g/mol. The quantitative estimate of drug-likeness (QED) is 0.400. The van der Waals surface area contributed by atoms with E-state index in [1.807, 2.05) is 42.5 Å². The first-order valence-electron chi connectivity index (χ1n) is 11.8. The number of nitrogens with zero attached hydrogens (tertiary/aromatic N) is 2. The Morgan fingerprint density at radius 2 is 1.70 bits per heavy atom. The van der Waals surface area contributed by atoms with Gasteiger partial charge in [-0.15, -0.1) is 0 Å². The fourth-order valence-electron chi connectivity index (χ4n) is 3.69. The van der Waals surface area contributed by atoms with Crippen molar-refractivity contribution in [2.45, 2.75) is 25.1 Å². The van der Waals surface area contributed by atoms with E-state index in [-0.39, 0.29) is 24.8 Å². The van der Waals surface area contributed by atoms with Gasteiger partial charge in [0, 0.05) is 12.1 Å². The van der Waals surface area contributed by atoms with E-state index in [0.29, 0.717) is 34.4 Å². The van der Waals surface area contributed by atoms with Gasteiger partial charge in [0.05, 0.1) is 31.5 Å². The molecule has 1 unspecified atom stereocenters. The van der Waals surface area contributed by atoms with E-state index < -0.39 is 11.2 Å². The lowest BCUT2D eigenvalue weighted by atomic mass is 10.2. The number of amidine groups is 1. The molecular weight excluding hydrogens is 490 g/mol. The van der Waals surface area contributed by atoms with Gasteiger partial charge in [-0.3, -0.25) is 14.5 Å². The molecule has 9 heteroatoms. The molecule has 37 heavy (non-hydrogen) atoms. The maximum Gasteiger partial charge on any atom is 0.338 e. The minimum atomic E-state index is -0.612. The van der Waals surface area contributed by atoms with Crippen molar-refractivity contribution in [2.24, 2.45) is 4.99 Å². The Kier molecular flexibility index (Phi) is 8.58. The minimum Gasteiger partial charge on any atom is -0.497 e. The highest BCUT2D eigenvalue weighted by Gasteiger charge is 2.39. The minimum absolute atomic E-state index is 0.0178. The van der Waals surface area contributed by atoms with Gasteiger partial charge < -0.3 is 14.8 Å². The molecule has 0 saturated carbocycles. The SMILES string of the molecule is CCOC(=O)c1ccc(NC(=O)CC2SC(=Nc3ccc(OC)cc3)N(Cc3ccccc3)C2=O)cc1. The number of carbonyl (C=O) groups excluding carboxylic acids is 3. The summed E-state index contributed by atoms with van der Waals surface area (Å²) in [6.07, 6.45) is -0.0178. The van der Waals surface area contributed by atoms with E-state index in [1.165, 1.54) is 11.8 Å². The molecule has 190 valence electrons. The van der Waals surface area contributed by atoms with Crippen LogP contribution in [0.15, 0.2) is 83.9 Å². The number of hydrogen-bond acceptors (Lipinski definition) is 7. The summed E-state index contributed by atoms with van der Waals surface area (Å²) >= 11 is 1.27. The van der Waals surface area contributed by atoms with Gasteiger partial charge in [0.25, 0.3) is 0 Å². The molecule has 0 radical (unpaired) electrons. The van der Waals surface area contributed by atoms with Gasteiger partial charge in [0.2, 0.25) is 11.8 Å². The van der Waals surface area contributed by atoms with Crippen LogP contribution in [0.3, 0.4) is 0 Å². The van der Waals surface area contributed by atoms with Crippen molar-refractivity contribution in [1.29, 1.82) is 0 Å². The number of amides is 2. The summed E-state index contributed by atoms with van der Waals surface area (Å²) in [7, 11) is 1.60. The van der Waals surface area contributed by atoms with Gasteiger partial charge in [0.1, 0.15) is 11.0 Å². The Bertz CT molecular complexity index is 1280. The van der Waals surface area contributed by atoms with Gasteiger partial charge in [-0.1, -0.05) is 42.1 Å². The Balaban J connectivity index is 1.47. The number of anilines is 1. The molecule has 3 aromatic carbocycles. The first-order chi connectivity index (χ1) is 18.0. The van der Waals surface area contributed by atoms with Crippen LogP contribution in [-0.4, -0.2) is 46.8 Å². The van der Waals surface area contributed by atoms with E-state index in [1.54, 1.807) is 55.3 Å². The van der Waals surface area contributed by atoms with Gasteiger partial charge in [-0.05, 0) is 61.0 Å². The molecule has 0 aliphatic carbocycles. The van der Waals surface area contributed by atoms with Crippen LogP contribution >= 0.6 is 11.8 Å². The third kappa shape index (κ3) is 6.77. The van der Waals surface area contributed by atoms with Crippen LogP contribution in [0.1, 0.15) is 29.3 Å². The van der Waals surface area contributed by atoms with Crippen molar-refractivity contribution in [3.8, 4) is 5.75 Å². The Morgan fingerprint density at radius 1 is 1.00 bits per heavy atom. The molecule has 1 fully saturated rings. The summed E-state index contributed by atoms with van der Waals surface area (Å²) in [5.41, 5.74) is 2.57. The normalized spacial score (nSPS) is 16.1. The topological polar surface area (TPSA) is 97.3 Å². The molecule has 0 bridgehead atoms. The number of aliphatic imine (C=N–C) groups is 1.